The second-order valence-electron chi connectivity index (χ2n) is 7.29. The topological polar surface area (TPSA) is 58.4 Å². The number of nitrogens with zero attached hydrogens (tertiary/aromatic N) is 2. The molecule has 144 valence electrons. The highest BCUT2D eigenvalue weighted by molar-refractivity contribution is 5.93. The van der Waals surface area contributed by atoms with Crippen LogP contribution in [0.1, 0.15) is 82.1 Å². The summed E-state index contributed by atoms with van der Waals surface area (Å²) in [6.45, 7) is 14.8. The summed E-state index contributed by atoms with van der Waals surface area (Å²) in [6, 6.07) is 0.0697. The lowest BCUT2D eigenvalue weighted by Gasteiger charge is -2.41. The van der Waals surface area contributed by atoms with Crippen molar-refractivity contribution in [1.82, 2.24) is 15.4 Å². The zero-order valence-electron chi connectivity index (χ0n) is 17.2. The van der Waals surface area contributed by atoms with Crippen LogP contribution in [0.2, 0.25) is 0 Å². The molecule has 1 rings (SSSR count). The third-order valence-electron chi connectivity index (χ3n) is 5.71. The van der Waals surface area contributed by atoms with Crippen LogP contribution in [-0.2, 0) is 6.42 Å². The predicted octanol–water partition coefficient (Wildman–Crippen LogP) is 4.20. The number of nitrogens with one attached hydrogen (secondary N) is 1. The van der Waals surface area contributed by atoms with Gasteiger partial charge in [0.2, 0.25) is 0 Å². The van der Waals surface area contributed by atoms with Gasteiger partial charge in [0.1, 0.15) is 5.76 Å². The van der Waals surface area contributed by atoms with E-state index < -0.39 is 0 Å². The largest absolute Gasteiger partial charge is 0.360 e. The van der Waals surface area contributed by atoms with Gasteiger partial charge in [0.25, 0.3) is 5.91 Å². The van der Waals surface area contributed by atoms with Gasteiger partial charge in [-0.15, -0.1) is 0 Å². The molecule has 0 saturated heterocycles. The van der Waals surface area contributed by atoms with E-state index in [1.807, 2.05) is 13.8 Å². The number of rotatable bonds is 11. The second kappa shape index (κ2) is 9.95. The Kier molecular flexibility index (Phi) is 8.63. The highest BCUT2D eigenvalue weighted by atomic mass is 16.5. The highest BCUT2D eigenvalue weighted by Gasteiger charge is 2.35. The van der Waals surface area contributed by atoms with Gasteiger partial charge in [-0.1, -0.05) is 39.3 Å². The van der Waals surface area contributed by atoms with Crippen LogP contribution in [-0.4, -0.2) is 42.1 Å². The second-order valence-corrected chi connectivity index (χ2v) is 7.29. The highest BCUT2D eigenvalue weighted by Crippen LogP contribution is 2.32. The average Bonchev–Trinajstić information content (AvgIpc) is 2.98. The van der Waals surface area contributed by atoms with Crippen LogP contribution in [0.5, 0.6) is 0 Å². The van der Waals surface area contributed by atoms with Gasteiger partial charge < -0.3 is 14.7 Å². The number of aryl methyl sites for hydroxylation is 1. The van der Waals surface area contributed by atoms with E-state index in [1.165, 1.54) is 12.8 Å². The standard InChI is InChI=1S/C20H37N3O2/c1-8-12-13-23(7)14-20(10-3,11-4)16(6)21-19(24)18-15(5)17(9-2)25-22-18/h16H,8-14H2,1-7H3,(H,21,24). The molecule has 0 radical (unpaired) electrons. The Morgan fingerprint density at radius 1 is 1.28 bits per heavy atom. The van der Waals surface area contributed by atoms with Crippen LogP contribution in [0.3, 0.4) is 0 Å². The number of unbranched alkanes of at least 4 members (excludes halogenated alkanes) is 1. The minimum atomic E-state index is -0.129. The van der Waals surface area contributed by atoms with Crippen LogP contribution >= 0.6 is 0 Å². The Morgan fingerprint density at radius 2 is 1.92 bits per heavy atom. The lowest BCUT2D eigenvalue weighted by molar-refractivity contribution is 0.0795. The molecule has 0 aromatic carbocycles. The van der Waals surface area contributed by atoms with Gasteiger partial charge in [0.15, 0.2) is 5.69 Å². The smallest absolute Gasteiger partial charge is 0.273 e. The Hall–Kier alpha value is -1.36. The molecule has 1 aromatic heterocycles. The molecule has 25 heavy (non-hydrogen) atoms. The third-order valence-corrected chi connectivity index (χ3v) is 5.71. The summed E-state index contributed by atoms with van der Waals surface area (Å²) in [5.41, 5.74) is 1.33. The van der Waals surface area contributed by atoms with Gasteiger partial charge in [-0.3, -0.25) is 4.79 Å². The third kappa shape index (κ3) is 5.30. The van der Waals surface area contributed by atoms with Crippen LogP contribution in [0, 0.1) is 12.3 Å². The molecular formula is C20H37N3O2. The number of aromatic nitrogens is 1. The zero-order valence-corrected chi connectivity index (χ0v) is 17.2. The van der Waals surface area contributed by atoms with Gasteiger partial charge in [-0.2, -0.15) is 0 Å². The van der Waals surface area contributed by atoms with E-state index in [1.54, 1.807) is 0 Å². The van der Waals surface area contributed by atoms with Crippen LogP contribution in [0.4, 0.5) is 0 Å². The molecule has 5 heteroatoms. The molecule has 1 heterocycles. The average molecular weight is 352 g/mol. The molecule has 1 atom stereocenters. The summed E-state index contributed by atoms with van der Waals surface area (Å²) in [7, 11) is 2.18. The Bertz CT molecular complexity index is 535. The first-order chi connectivity index (χ1) is 11.8. The van der Waals surface area contributed by atoms with E-state index in [-0.39, 0.29) is 17.4 Å². The van der Waals surface area contributed by atoms with E-state index >= 15 is 0 Å². The molecule has 1 N–H and O–H groups in total. The minimum Gasteiger partial charge on any atom is -0.360 e. The van der Waals surface area contributed by atoms with Crippen LogP contribution in [0.15, 0.2) is 4.52 Å². The first-order valence-electron chi connectivity index (χ1n) is 9.79. The van der Waals surface area contributed by atoms with Crippen molar-refractivity contribution >= 4 is 5.91 Å². The monoisotopic (exact) mass is 351 g/mol. The van der Waals surface area contributed by atoms with Crippen molar-refractivity contribution in [3.8, 4) is 0 Å². The van der Waals surface area contributed by atoms with E-state index in [9.17, 15) is 4.79 Å². The van der Waals surface area contributed by atoms with Crippen molar-refractivity contribution in [3.05, 3.63) is 17.0 Å². The SMILES string of the molecule is CCCCN(C)CC(CC)(CC)C(C)NC(=O)c1noc(CC)c1C. The van der Waals surface area contributed by atoms with Crippen molar-refractivity contribution in [2.75, 3.05) is 20.1 Å². The molecule has 0 aliphatic rings. The van der Waals surface area contributed by atoms with Crippen molar-refractivity contribution < 1.29 is 9.32 Å². The maximum Gasteiger partial charge on any atom is 0.273 e. The fourth-order valence-electron chi connectivity index (χ4n) is 3.60. The fourth-order valence-corrected chi connectivity index (χ4v) is 3.60. The molecule has 0 fully saturated rings. The van der Waals surface area contributed by atoms with Crippen LogP contribution < -0.4 is 5.32 Å². The summed E-state index contributed by atoms with van der Waals surface area (Å²) < 4.78 is 5.28. The van der Waals surface area contributed by atoms with Gasteiger partial charge in [0.05, 0.1) is 0 Å². The molecule has 1 aromatic rings. The first kappa shape index (κ1) is 21.7. The molecule has 0 saturated carbocycles. The first-order valence-corrected chi connectivity index (χ1v) is 9.79. The molecule has 0 aliphatic carbocycles. The lowest BCUT2D eigenvalue weighted by atomic mass is 9.75. The van der Waals surface area contributed by atoms with Gasteiger partial charge in [0, 0.05) is 30.0 Å². The number of carbonyl (C=O) groups is 1. The quantitative estimate of drug-likeness (QED) is 0.649. The normalized spacial score (nSPS) is 13.3. The van der Waals surface area contributed by atoms with Crippen molar-refractivity contribution in [3.63, 3.8) is 0 Å². The Balaban J connectivity index is 2.85. The maximum absolute atomic E-state index is 12.7. The molecule has 0 aliphatic heterocycles. The molecule has 1 amide bonds. The molecule has 1 unspecified atom stereocenters. The fraction of sp³-hybridized carbons (Fsp3) is 0.800. The zero-order chi connectivity index (χ0) is 19.0. The van der Waals surface area contributed by atoms with E-state index in [4.69, 9.17) is 4.52 Å². The van der Waals surface area contributed by atoms with Crippen molar-refractivity contribution in [1.29, 1.82) is 0 Å². The number of amides is 1. The van der Waals surface area contributed by atoms with Gasteiger partial charge >= 0.3 is 0 Å². The summed E-state index contributed by atoms with van der Waals surface area (Å²) in [4.78, 5) is 15.1. The van der Waals surface area contributed by atoms with E-state index in [0.29, 0.717) is 5.69 Å². The Morgan fingerprint density at radius 3 is 2.40 bits per heavy atom. The summed E-state index contributed by atoms with van der Waals surface area (Å²) in [5, 5.41) is 7.17. The van der Waals surface area contributed by atoms with Gasteiger partial charge in [-0.05, 0) is 46.7 Å². The summed E-state index contributed by atoms with van der Waals surface area (Å²) in [5.74, 6) is 0.658. The van der Waals surface area contributed by atoms with Gasteiger partial charge in [-0.25, -0.2) is 0 Å². The van der Waals surface area contributed by atoms with E-state index in [0.717, 1.165) is 43.7 Å². The predicted molar refractivity (Wildman–Crippen MR) is 103 cm³/mol. The minimum absolute atomic E-state index is 0.0589. The lowest BCUT2D eigenvalue weighted by Crippen LogP contribution is -2.51. The molecular weight excluding hydrogens is 314 g/mol. The molecule has 0 bridgehead atoms. The summed E-state index contributed by atoms with van der Waals surface area (Å²) >= 11 is 0. The van der Waals surface area contributed by atoms with E-state index in [2.05, 4.69) is 50.1 Å². The maximum atomic E-state index is 12.7. The molecule has 5 nitrogen and oxygen atoms in total. The van der Waals surface area contributed by atoms with Crippen molar-refractivity contribution in [2.45, 2.75) is 79.7 Å². The molecule has 0 spiro atoms. The van der Waals surface area contributed by atoms with Crippen LogP contribution in [0.25, 0.3) is 0 Å². The number of hydrogen-bond donors (Lipinski definition) is 1. The Labute approximate surface area is 153 Å². The summed E-state index contributed by atoms with van der Waals surface area (Å²) in [6.07, 6.45) is 5.21. The van der Waals surface area contributed by atoms with Crippen molar-refractivity contribution in [2.24, 2.45) is 5.41 Å². The number of carbonyl (C=O) groups excluding carboxylic acids is 1. The number of hydrogen-bond acceptors (Lipinski definition) is 4.